The maximum absolute atomic E-state index is 12.8. The predicted octanol–water partition coefficient (Wildman–Crippen LogP) is 7.19. The lowest BCUT2D eigenvalue weighted by Gasteiger charge is -2.14. The van der Waals surface area contributed by atoms with Gasteiger partial charge in [0.1, 0.15) is 4.90 Å². The minimum absolute atomic E-state index is 0.00220. The van der Waals surface area contributed by atoms with Gasteiger partial charge in [0.15, 0.2) is 5.75 Å². The Labute approximate surface area is 207 Å². The van der Waals surface area contributed by atoms with Crippen molar-refractivity contribution in [3.63, 3.8) is 0 Å². The van der Waals surface area contributed by atoms with Crippen LogP contribution in [-0.4, -0.2) is 15.0 Å². The molecule has 3 rings (SSSR count). The van der Waals surface area contributed by atoms with Gasteiger partial charge in [0.2, 0.25) is 5.75 Å². The predicted molar refractivity (Wildman–Crippen MR) is 132 cm³/mol. The van der Waals surface area contributed by atoms with Crippen molar-refractivity contribution in [1.82, 2.24) is 0 Å². The molecule has 0 aromatic heterocycles. The lowest BCUT2D eigenvalue weighted by Crippen LogP contribution is -2.11. The van der Waals surface area contributed by atoms with Crippen LogP contribution in [0.4, 0.5) is 0 Å². The minimum atomic E-state index is -4.15. The van der Waals surface area contributed by atoms with E-state index in [0.29, 0.717) is 21.2 Å². The first-order valence-corrected chi connectivity index (χ1v) is 12.2. The molecule has 0 radical (unpaired) electrons. The van der Waals surface area contributed by atoms with E-state index in [0.717, 1.165) is 5.56 Å². The minimum Gasteiger partial charge on any atom is -0.490 e. The number of nitrogens with zero attached hydrogens (tertiary/aromatic N) is 1. The molecule has 5 nitrogen and oxygen atoms in total. The van der Waals surface area contributed by atoms with Gasteiger partial charge >= 0.3 is 10.1 Å². The first kappa shape index (κ1) is 24.9. The Morgan fingerprint density at radius 2 is 1.73 bits per heavy atom. The van der Waals surface area contributed by atoms with Crippen LogP contribution in [0, 0.1) is 18.3 Å². The van der Waals surface area contributed by atoms with Crippen molar-refractivity contribution in [3.8, 4) is 17.6 Å². The van der Waals surface area contributed by atoms with Crippen molar-refractivity contribution in [2.24, 2.45) is 0 Å². The molecule has 0 saturated heterocycles. The number of rotatable bonds is 7. The van der Waals surface area contributed by atoms with E-state index in [1.807, 2.05) is 6.92 Å². The Morgan fingerprint density at radius 3 is 2.33 bits per heavy atom. The van der Waals surface area contributed by atoms with Crippen LogP contribution in [0.5, 0.6) is 11.5 Å². The zero-order chi connectivity index (χ0) is 24.2. The Balaban J connectivity index is 2.04. The van der Waals surface area contributed by atoms with Crippen molar-refractivity contribution in [3.05, 3.63) is 86.4 Å². The summed E-state index contributed by atoms with van der Waals surface area (Å²) in [6, 6.07) is 16.1. The molecule has 0 saturated carbocycles. The first-order valence-electron chi connectivity index (χ1n) is 9.69. The van der Waals surface area contributed by atoms with Gasteiger partial charge in [-0.1, -0.05) is 58.6 Å². The summed E-state index contributed by atoms with van der Waals surface area (Å²) in [5.41, 5.74) is 2.15. The third-order valence-electron chi connectivity index (χ3n) is 4.49. The first-order chi connectivity index (χ1) is 15.6. The Bertz CT molecular complexity index is 1360. The number of nitriles is 1. The van der Waals surface area contributed by atoms with Gasteiger partial charge in [-0.15, -0.1) is 0 Å². The zero-order valence-electron chi connectivity index (χ0n) is 17.6. The van der Waals surface area contributed by atoms with E-state index in [-0.39, 0.29) is 33.6 Å². The molecule has 0 aliphatic carbocycles. The molecule has 0 aliphatic rings. The zero-order valence-corrected chi connectivity index (χ0v) is 20.7. The summed E-state index contributed by atoms with van der Waals surface area (Å²) < 4.78 is 36.5. The molecule has 33 heavy (non-hydrogen) atoms. The van der Waals surface area contributed by atoms with Crippen LogP contribution in [0.15, 0.2) is 59.5 Å². The van der Waals surface area contributed by atoms with E-state index in [4.69, 9.17) is 43.7 Å². The van der Waals surface area contributed by atoms with Crippen LogP contribution < -0.4 is 8.92 Å². The normalized spacial score (nSPS) is 11.7. The molecule has 9 heteroatoms. The van der Waals surface area contributed by atoms with E-state index in [1.165, 1.54) is 30.3 Å². The van der Waals surface area contributed by atoms with Gasteiger partial charge in [-0.2, -0.15) is 13.7 Å². The average molecular weight is 523 g/mol. The fourth-order valence-corrected chi connectivity index (χ4v) is 4.69. The highest BCUT2D eigenvalue weighted by molar-refractivity contribution is 7.87. The number of aryl methyl sites for hydroxylation is 1. The van der Waals surface area contributed by atoms with Gasteiger partial charge in [-0.25, -0.2) is 0 Å². The second-order valence-corrected chi connectivity index (χ2v) is 9.70. The molecule has 3 aromatic carbocycles. The summed E-state index contributed by atoms with van der Waals surface area (Å²) in [6.45, 7) is 3.82. The van der Waals surface area contributed by atoms with Gasteiger partial charge < -0.3 is 8.92 Å². The van der Waals surface area contributed by atoms with Gasteiger partial charge in [-0.05, 0) is 61.9 Å². The summed E-state index contributed by atoms with van der Waals surface area (Å²) in [5.74, 6) is -0.0225. The second-order valence-electron chi connectivity index (χ2n) is 6.91. The van der Waals surface area contributed by atoms with Crippen molar-refractivity contribution >= 4 is 56.6 Å². The number of halogens is 3. The molecule has 0 aliphatic heterocycles. The Kier molecular flexibility index (Phi) is 7.93. The van der Waals surface area contributed by atoms with E-state index in [9.17, 15) is 13.7 Å². The van der Waals surface area contributed by atoms with E-state index < -0.39 is 10.1 Å². The Hall–Kier alpha value is -2.69. The van der Waals surface area contributed by atoms with Crippen LogP contribution in [0.25, 0.3) is 11.6 Å². The SMILES string of the molecule is CCOc1cc(/C=C(\C#N)c2ccc(Cl)cc2Cl)cc(Cl)c1OS(=O)(=O)c1ccc(C)cc1. The lowest BCUT2D eigenvalue weighted by atomic mass is 10.0. The highest BCUT2D eigenvalue weighted by Gasteiger charge is 2.22. The number of hydrogen-bond donors (Lipinski definition) is 0. The molecule has 0 unspecified atom stereocenters. The van der Waals surface area contributed by atoms with Crippen molar-refractivity contribution in [2.75, 3.05) is 6.61 Å². The van der Waals surface area contributed by atoms with Crippen LogP contribution in [0.1, 0.15) is 23.6 Å². The molecule has 0 spiro atoms. The van der Waals surface area contributed by atoms with Crippen LogP contribution >= 0.6 is 34.8 Å². The third-order valence-corrected chi connectivity index (χ3v) is 6.55. The van der Waals surface area contributed by atoms with Crippen molar-refractivity contribution < 1.29 is 17.3 Å². The molecular formula is C24H18Cl3NO4S. The van der Waals surface area contributed by atoms with Crippen molar-refractivity contribution in [2.45, 2.75) is 18.7 Å². The summed E-state index contributed by atoms with van der Waals surface area (Å²) in [4.78, 5) is -0.0141. The van der Waals surface area contributed by atoms with Gasteiger partial charge in [-0.3, -0.25) is 0 Å². The average Bonchev–Trinajstić information content (AvgIpc) is 2.75. The fraction of sp³-hybridized carbons (Fsp3) is 0.125. The third kappa shape index (κ3) is 6.01. The molecule has 0 amide bonds. The molecule has 0 N–H and O–H groups in total. The van der Waals surface area contributed by atoms with E-state index in [1.54, 1.807) is 37.3 Å². The largest absolute Gasteiger partial charge is 0.490 e. The maximum atomic E-state index is 12.8. The number of hydrogen-bond acceptors (Lipinski definition) is 5. The Morgan fingerprint density at radius 1 is 1.03 bits per heavy atom. The topological polar surface area (TPSA) is 76.4 Å². The highest BCUT2D eigenvalue weighted by atomic mass is 35.5. The monoisotopic (exact) mass is 521 g/mol. The van der Waals surface area contributed by atoms with Gasteiger partial charge in [0.05, 0.1) is 28.3 Å². The fourth-order valence-electron chi connectivity index (χ4n) is 2.92. The van der Waals surface area contributed by atoms with Crippen LogP contribution in [-0.2, 0) is 10.1 Å². The number of benzene rings is 3. The molecule has 170 valence electrons. The molecule has 0 bridgehead atoms. The second kappa shape index (κ2) is 10.5. The number of allylic oxidation sites excluding steroid dienone is 1. The quantitative estimate of drug-likeness (QED) is 0.186. The lowest BCUT2D eigenvalue weighted by molar-refractivity contribution is 0.327. The van der Waals surface area contributed by atoms with E-state index in [2.05, 4.69) is 6.07 Å². The molecule has 3 aromatic rings. The van der Waals surface area contributed by atoms with Gasteiger partial charge in [0.25, 0.3) is 0 Å². The summed E-state index contributed by atoms with van der Waals surface area (Å²) in [6.07, 6.45) is 1.56. The van der Waals surface area contributed by atoms with Crippen LogP contribution in [0.3, 0.4) is 0 Å². The summed E-state index contributed by atoms with van der Waals surface area (Å²) >= 11 is 18.6. The summed E-state index contributed by atoms with van der Waals surface area (Å²) in [7, 11) is -4.15. The summed E-state index contributed by atoms with van der Waals surface area (Å²) in [5, 5.41) is 10.4. The van der Waals surface area contributed by atoms with Gasteiger partial charge in [0, 0.05) is 10.6 Å². The molecule has 0 fully saturated rings. The molecular weight excluding hydrogens is 505 g/mol. The van der Waals surface area contributed by atoms with Crippen LogP contribution in [0.2, 0.25) is 15.1 Å². The molecule has 0 atom stereocenters. The maximum Gasteiger partial charge on any atom is 0.339 e. The smallest absolute Gasteiger partial charge is 0.339 e. The number of ether oxygens (including phenoxy) is 1. The van der Waals surface area contributed by atoms with Crippen molar-refractivity contribution in [1.29, 1.82) is 5.26 Å². The highest BCUT2D eigenvalue weighted by Crippen LogP contribution is 2.39. The molecule has 0 heterocycles. The van der Waals surface area contributed by atoms with E-state index >= 15 is 0 Å². The standard InChI is InChI=1S/C24H18Cl3NO4S/c1-3-31-23-12-16(10-17(14-28)20-9-6-18(25)13-21(20)26)11-22(27)24(23)32-33(29,30)19-7-4-15(2)5-8-19/h4-13H,3H2,1-2H3/b17-10+.